The van der Waals surface area contributed by atoms with Gasteiger partial charge < -0.3 is 9.88 Å². The van der Waals surface area contributed by atoms with E-state index in [1.807, 2.05) is 4.57 Å². The number of thiazole rings is 1. The number of aromatic nitrogens is 7. The number of rotatable bonds is 6. The average Bonchev–Trinajstić information content (AvgIpc) is 3.69. The van der Waals surface area contributed by atoms with E-state index in [1.165, 1.54) is 10.7 Å². The monoisotopic (exact) mass is 538 g/mol. The van der Waals surface area contributed by atoms with Gasteiger partial charge in [-0.25, -0.2) is 32.8 Å². The number of halogens is 3. The Labute approximate surface area is 218 Å². The quantitative estimate of drug-likeness (QED) is 0.322. The topological polar surface area (TPSA) is 103 Å². The summed E-state index contributed by atoms with van der Waals surface area (Å²) < 4.78 is 44.3. The lowest BCUT2D eigenvalue weighted by Gasteiger charge is -2.31. The number of benzene rings is 1. The Kier molecular flexibility index (Phi) is 6.35. The third-order valence-electron chi connectivity index (χ3n) is 6.61. The largest absolute Gasteiger partial charge is 0.347 e. The Bertz CT molecular complexity index is 1600. The van der Waals surface area contributed by atoms with Crippen LogP contribution in [0.25, 0.3) is 28.2 Å². The lowest BCUT2D eigenvalue weighted by atomic mass is 9.90. The molecule has 9 nitrogen and oxygen atoms in total. The van der Waals surface area contributed by atoms with Gasteiger partial charge >= 0.3 is 0 Å². The number of amides is 1. The number of carbonyl (C=O) groups is 1. The van der Waals surface area contributed by atoms with Gasteiger partial charge in [-0.15, -0.1) is 16.4 Å². The second-order valence-corrected chi connectivity index (χ2v) is 10.1. The summed E-state index contributed by atoms with van der Waals surface area (Å²) in [5.41, 5.74) is 1.71. The summed E-state index contributed by atoms with van der Waals surface area (Å²) in [6, 6.07) is 7.91. The van der Waals surface area contributed by atoms with Crippen LogP contribution in [0.4, 0.5) is 13.2 Å². The van der Waals surface area contributed by atoms with E-state index < -0.39 is 18.1 Å². The standard InChI is InChI=1S/C25H21F3N8OS/c26-17-7-2-1-6-16(17)23-33-18-11-21(35-9-8-31-34-35)29-12-19(18)36(23)15-5-3-4-14(10-15)32-24(37)25-30-13-20(38-25)22(27)28/h1-2,6-9,11-15,22H,3-5,10H2,(H,32,37)/t14-,15+/m0/s1. The molecular weight excluding hydrogens is 517 g/mol. The van der Waals surface area contributed by atoms with Gasteiger partial charge in [0.15, 0.2) is 10.8 Å². The summed E-state index contributed by atoms with van der Waals surface area (Å²) in [6.07, 6.45) is 6.14. The molecule has 194 valence electrons. The molecule has 4 aromatic heterocycles. The Morgan fingerprint density at radius 2 is 2.03 bits per heavy atom. The van der Waals surface area contributed by atoms with Crippen LogP contribution in [0.15, 0.2) is 55.1 Å². The molecule has 1 aliphatic rings. The number of alkyl halides is 2. The Balaban J connectivity index is 1.34. The third-order valence-corrected chi connectivity index (χ3v) is 7.62. The molecule has 0 radical (unpaired) electrons. The average molecular weight is 539 g/mol. The zero-order valence-corrected chi connectivity index (χ0v) is 20.7. The van der Waals surface area contributed by atoms with E-state index in [-0.39, 0.29) is 22.0 Å². The second kappa shape index (κ2) is 9.97. The van der Waals surface area contributed by atoms with Crippen molar-refractivity contribution >= 4 is 28.3 Å². The molecule has 0 aliphatic heterocycles. The minimum absolute atomic E-state index is 0.00684. The Morgan fingerprint density at radius 3 is 2.79 bits per heavy atom. The maximum atomic E-state index is 14.9. The maximum absolute atomic E-state index is 14.9. The van der Waals surface area contributed by atoms with Crippen LogP contribution < -0.4 is 5.32 Å². The van der Waals surface area contributed by atoms with Crippen molar-refractivity contribution in [3.05, 3.63) is 70.8 Å². The van der Waals surface area contributed by atoms with Crippen molar-refractivity contribution in [2.45, 2.75) is 44.2 Å². The molecule has 0 bridgehead atoms. The predicted octanol–water partition coefficient (Wildman–Crippen LogP) is 5.13. The van der Waals surface area contributed by atoms with Crippen molar-refractivity contribution in [2.75, 3.05) is 0 Å². The van der Waals surface area contributed by atoms with E-state index in [0.717, 1.165) is 31.0 Å². The number of nitrogens with one attached hydrogen (secondary N) is 1. The van der Waals surface area contributed by atoms with Crippen LogP contribution >= 0.6 is 11.3 Å². The van der Waals surface area contributed by atoms with E-state index in [9.17, 15) is 18.0 Å². The van der Waals surface area contributed by atoms with Crippen LogP contribution in [0.5, 0.6) is 0 Å². The fourth-order valence-electron chi connectivity index (χ4n) is 4.91. The predicted molar refractivity (Wildman–Crippen MR) is 134 cm³/mol. The molecule has 1 amide bonds. The number of carbonyl (C=O) groups excluding carboxylic acids is 1. The normalized spacial score (nSPS) is 17.8. The second-order valence-electron chi connectivity index (χ2n) is 9.02. The molecule has 38 heavy (non-hydrogen) atoms. The lowest BCUT2D eigenvalue weighted by molar-refractivity contribution is 0.0920. The summed E-state index contributed by atoms with van der Waals surface area (Å²) in [7, 11) is 0. The van der Waals surface area contributed by atoms with E-state index in [1.54, 1.807) is 42.9 Å². The highest BCUT2D eigenvalue weighted by Crippen LogP contribution is 2.37. The molecule has 13 heteroatoms. The fourth-order valence-corrected chi connectivity index (χ4v) is 5.59. The van der Waals surface area contributed by atoms with Crippen LogP contribution in [0, 0.1) is 5.82 Å². The highest BCUT2D eigenvalue weighted by atomic mass is 32.1. The molecule has 0 saturated heterocycles. The first kappa shape index (κ1) is 24.2. The molecule has 6 rings (SSSR count). The van der Waals surface area contributed by atoms with Crippen molar-refractivity contribution in [2.24, 2.45) is 0 Å². The van der Waals surface area contributed by atoms with Gasteiger partial charge in [0, 0.05) is 24.3 Å². The van der Waals surface area contributed by atoms with Crippen LogP contribution in [0.3, 0.4) is 0 Å². The number of imidazole rings is 1. The number of nitrogens with zero attached hydrogens (tertiary/aromatic N) is 7. The van der Waals surface area contributed by atoms with Crippen LogP contribution in [0.2, 0.25) is 0 Å². The third kappa shape index (κ3) is 4.53. The summed E-state index contributed by atoms with van der Waals surface area (Å²) in [6.45, 7) is 0. The highest BCUT2D eigenvalue weighted by Gasteiger charge is 2.30. The molecule has 5 aromatic rings. The van der Waals surface area contributed by atoms with Crippen LogP contribution in [-0.2, 0) is 0 Å². The molecule has 4 heterocycles. The van der Waals surface area contributed by atoms with Gasteiger partial charge in [-0.3, -0.25) is 4.79 Å². The fraction of sp³-hybridized carbons (Fsp3) is 0.280. The number of fused-ring (bicyclic) bond motifs is 1. The Hall–Kier alpha value is -4.13. The molecule has 1 N–H and O–H groups in total. The van der Waals surface area contributed by atoms with Gasteiger partial charge in [0.2, 0.25) is 0 Å². The van der Waals surface area contributed by atoms with Gasteiger partial charge in [-0.2, -0.15) is 0 Å². The molecular formula is C25H21F3N8OS. The van der Waals surface area contributed by atoms with Crippen molar-refractivity contribution in [3.8, 4) is 17.2 Å². The zero-order valence-electron chi connectivity index (χ0n) is 19.8. The molecule has 2 atom stereocenters. The first-order valence-corrected chi connectivity index (χ1v) is 12.8. The summed E-state index contributed by atoms with van der Waals surface area (Å²) in [4.78, 5) is 25.7. The van der Waals surface area contributed by atoms with Crippen molar-refractivity contribution in [1.29, 1.82) is 0 Å². The molecule has 1 fully saturated rings. The van der Waals surface area contributed by atoms with E-state index in [0.29, 0.717) is 40.5 Å². The highest BCUT2D eigenvalue weighted by molar-refractivity contribution is 7.13. The summed E-state index contributed by atoms with van der Waals surface area (Å²) in [5, 5.41) is 10.8. The smallest absolute Gasteiger partial charge is 0.280 e. The van der Waals surface area contributed by atoms with Crippen molar-refractivity contribution < 1.29 is 18.0 Å². The van der Waals surface area contributed by atoms with Gasteiger partial charge in [0.25, 0.3) is 12.3 Å². The number of pyridine rings is 1. The number of hydrogen-bond acceptors (Lipinski definition) is 7. The summed E-state index contributed by atoms with van der Waals surface area (Å²) in [5.74, 6) is 0.124. The minimum Gasteiger partial charge on any atom is -0.347 e. The van der Waals surface area contributed by atoms with E-state index in [2.05, 4.69) is 25.6 Å². The summed E-state index contributed by atoms with van der Waals surface area (Å²) >= 11 is 0.690. The first-order chi connectivity index (χ1) is 18.5. The first-order valence-electron chi connectivity index (χ1n) is 12.0. The number of hydrogen-bond donors (Lipinski definition) is 1. The van der Waals surface area contributed by atoms with Crippen LogP contribution in [-0.4, -0.2) is 46.5 Å². The van der Waals surface area contributed by atoms with Crippen LogP contribution in [0.1, 0.15) is 52.8 Å². The molecule has 0 spiro atoms. The van der Waals surface area contributed by atoms with Gasteiger partial charge in [0.05, 0.1) is 40.1 Å². The van der Waals surface area contributed by atoms with Gasteiger partial charge in [0.1, 0.15) is 11.6 Å². The minimum atomic E-state index is -2.67. The molecule has 1 aromatic carbocycles. The van der Waals surface area contributed by atoms with Crippen molar-refractivity contribution in [3.63, 3.8) is 0 Å². The van der Waals surface area contributed by atoms with Gasteiger partial charge in [-0.05, 0) is 37.8 Å². The zero-order chi connectivity index (χ0) is 26.2. The van der Waals surface area contributed by atoms with E-state index >= 15 is 0 Å². The van der Waals surface area contributed by atoms with E-state index in [4.69, 9.17) is 4.98 Å². The maximum Gasteiger partial charge on any atom is 0.280 e. The van der Waals surface area contributed by atoms with Crippen molar-refractivity contribution in [1.82, 2.24) is 39.8 Å². The van der Waals surface area contributed by atoms with Gasteiger partial charge in [-0.1, -0.05) is 17.3 Å². The molecule has 0 unspecified atom stereocenters. The lowest BCUT2D eigenvalue weighted by Crippen LogP contribution is -2.39. The molecule has 1 aliphatic carbocycles. The molecule has 1 saturated carbocycles. The Morgan fingerprint density at radius 1 is 1.16 bits per heavy atom. The SMILES string of the molecule is O=C(N[C@H]1CCC[C@@H](n2c(-c3ccccc3F)nc3cc(-n4ccnn4)ncc32)C1)c1ncc(C(F)F)s1.